The lowest BCUT2D eigenvalue weighted by atomic mass is 10.1. The van der Waals surface area contributed by atoms with Crippen LogP contribution in [0.25, 0.3) is 0 Å². The molecule has 0 aromatic carbocycles. The second-order valence-corrected chi connectivity index (χ2v) is 4.64. The summed E-state index contributed by atoms with van der Waals surface area (Å²) >= 11 is 0. The van der Waals surface area contributed by atoms with E-state index >= 15 is 0 Å². The number of carbonyl (C=O) groups excluding carboxylic acids is 1. The number of aliphatic carboxylic acids is 1. The van der Waals surface area contributed by atoms with Gasteiger partial charge in [0.15, 0.2) is 0 Å². The molecule has 1 N–H and O–H groups in total. The van der Waals surface area contributed by atoms with E-state index in [0.29, 0.717) is 6.54 Å². The molecule has 0 heterocycles. The minimum Gasteiger partial charge on any atom is -0.481 e. The van der Waals surface area contributed by atoms with Crippen molar-refractivity contribution in [3.8, 4) is 0 Å². The lowest BCUT2D eigenvalue weighted by molar-refractivity contribution is -0.141. The minimum absolute atomic E-state index is 0.0840. The molecule has 0 aliphatic carbocycles. The second kappa shape index (κ2) is 7.95. The fourth-order valence-electron chi connectivity index (χ4n) is 1.97. The summed E-state index contributed by atoms with van der Waals surface area (Å²) in [7, 11) is 1.79. The van der Waals surface area contributed by atoms with Gasteiger partial charge in [0.2, 0.25) is 0 Å². The molecule has 0 aliphatic heterocycles. The number of nitrogens with zero attached hydrogens (tertiary/aromatic N) is 2. The average Bonchev–Trinajstić information content (AvgIpc) is 2.35. The van der Waals surface area contributed by atoms with Crippen LogP contribution in [0.3, 0.4) is 0 Å². The lowest BCUT2D eigenvalue weighted by Crippen LogP contribution is -2.47. The van der Waals surface area contributed by atoms with Crippen LogP contribution in [0.15, 0.2) is 0 Å². The molecule has 0 radical (unpaired) electrons. The molecule has 106 valence electrons. The monoisotopic (exact) mass is 258 g/mol. The van der Waals surface area contributed by atoms with Gasteiger partial charge in [-0.3, -0.25) is 4.79 Å². The van der Waals surface area contributed by atoms with Crippen molar-refractivity contribution in [3.63, 3.8) is 0 Å². The van der Waals surface area contributed by atoms with Gasteiger partial charge < -0.3 is 14.9 Å². The Labute approximate surface area is 110 Å². The van der Waals surface area contributed by atoms with E-state index in [2.05, 4.69) is 0 Å². The molecule has 0 saturated heterocycles. The van der Waals surface area contributed by atoms with E-state index in [1.165, 1.54) is 0 Å². The highest BCUT2D eigenvalue weighted by atomic mass is 16.4. The summed E-state index contributed by atoms with van der Waals surface area (Å²) in [6, 6.07) is 0.131. The number of hydrogen-bond donors (Lipinski definition) is 1. The van der Waals surface area contributed by atoms with Gasteiger partial charge in [-0.2, -0.15) is 0 Å². The summed E-state index contributed by atoms with van der Waals surface area (Å²) in [6.45, 7) is 8.38. The Hall–Kier alpha value is -1.26. The van der Waals surface area contributed by atoms with Crippen LogP contribution in [0.5, 0.6) is 0 Å². The first-order valence-corrected chi connectivity index (χ1v) is 6.63. The molecular formula is C13H26N2O3. The molecule has 0 aromatic heterocycles. The predicted octanol–water partition coefficient (Wildman–Crippen LogP) is 2.27. The van der Waals surface area contributed by atoms with Crippen molar-refractivity contribution >= 4 is 12.0 Å². The van der Waals surface area contributed by atoms with Crippen LogP contribution in [0.1, 0.15) is 40.5 Å². The fourth-order valence-corrected chi connectivity index (χ4v) is 1.97. The maximum Gasteiger partial charge on any atom is 0.320 e. The van der Waals surface area contributed by atoms with Gasteiger partial charge in [-0.15, -0.1) is 0 Å². The summed E-state index contributed by atoms with van der Waals surface area (Å²) in [5.74, 6) is -1.41. The van der Waals surface area contributed by atoms with Crippen molar-refractivity contribution in [1.29, 1.82) is 0 Å². The van der Waals surface area contributed by atoms with Crippen LogP contribution in [-0.4, -0.2) is 53.1 Å². The summed E-state index contributed by atoms with van der Waals surface area (Å²) in [5.41, 5.74) is 0. The Morgan fingerprint density at radius 3 is 2.00 bits per heavy atom. The smallest absolute Gasteiger partial charge is 0.320 e. The first-order valence-electron chi connectivity index (χ1n) is 6.63. The van der Waals surface area contributed by atoms with E-state index in [1.807, 2.05) is 20.8 Å². The predicted molar refractivity (Wildman–Crippen MR) is 71.6 cm³/mol. The van der Waals surface area contributed by atoms with Gasteiger partial charge in [0.1, 0.15) is 0 Å². The molecule has 1 atom stereocenters. The summed E-state index contributed by atoms with van der Waals surface area (Å²) in [6.07, 6.45) is 1.82. The Bertz CT molecular complexity index is 277. The Morgan fingerprint density at radius 1 is 1.17 bits per heavy atom. The molecular weight excluding hydrogens is 232 g/mol. The molecule has 0 saturated carbocycles. The van der Waals surface area contributed by atoms with E-state index < -0.39 is 11.9 Å². The number of carboxylic acids is 1. The first-order chi connectivity index (χ1) is 8.38. The van der Waals surface area contributed by atoms with Crippen molar-refractivity contribution in [1.82, 2.24) is 9.80 Å². The molecule has 18 heavy (non-hydrogen) atoms. The van der Waals surface area contributed by atoms with Gasteiger partial charge in [0, 0.05) is 26.2 Å². The molecule has 0 fully saturated rings. The van der Waals surface area contributed by atoms with Crippen LogP contribution in [0, 0.1) is 5.92 Å². The van der Waals surface area contributed by atoms with Gasteiger partial charge in [-0.25, -0.2) is 4.79 Å². The van der Waals surface area contributed by atoms with Crippen LogP contribution < -0.4 is 0 Å². The zero-order valence-corrected chi connectivity index (χ0v) is 12.1. The second-order valence-electron chi connectivity index (χ2n) is 4.64. The molecule has 1 unspecified atom stereocenters. The Morgan fingerprint density at radius 2 is 1.67 bits per heavy atom. The molecule has 0 bridgehead atoms. The molecule has 5 heteroatoms. The average molecular weight is 258 g/mol. The quantitative estimate of drug-likeness (QED) is 0.762. The van der Waals surface area contributed by atoms with E-state index in [0.717, 1.165) is 12.8 Å². The van der Waals surface area contributed by atoms with Crippen LogP contribution in [0.2, 0.25) is 0 Å². The van der Waals surface area contributed by atoms with Gasteiger partial charge in [0.25, 0.3) is 0 Å². The van der Waals surface area contributed by atoms with Crippen LogP contribution >= 0.6 is 0 Å². The lowest BCUT2D eigenvalue weighted by Gasteiger charge is -2.33. The summed E-state index contributed by atoms with van der Waals surface area (Å²) in [5, 5.41) is 8.90. The molecule has 0 aliphatic rings. The maximum absolute atomic E-state index is 12.3. The van der Waals surface area contributed by atoms with Crippen molar-refractivity contribution in [2.45, 2.75) is 46.6 Å². The molecule has 0 rings (SSSR count). The van der Waals surface area contributed by atoms with E-state index in [4.69, 9.17) is 5.11 Å². The third-order valence-electron chi connectivity index (χ3n) is 3.36. The third-order valence-corrected chi connectivity index (χ3v) is 3.36. The standard InChI is InChI=1S/C13H26N2O3/c1-6-11(7-2)14(5)13(18)15(8-3)9-10(4)12(16)17/h10-11H,6-9H2,1-5H3,(H,16,17). The van der Waals surface area contributed by atoms with Crippen molar-refractivity contribution < 1.29 is 14.7 Å². The number of hydrogen-bond acceptors (Lipinski definition) is 2. The van der Waals surface area contributed by atoms with Crippen LogP contribution in [0.4, 0.5) is 4.79 Å². The van der Waals surface area contributed by atoms with E-state index in [1.54, 1.807) is 23.8 Å². The third kappa shape index (κ3) is 4.55. The highest BCUT2D eigenvalue weighted by Gasteiger charge is 2.24. The SMILES string of the molecule is CCC(CC)N(C)C(=O)N(CC)CC(C)C(=O)O. The number of rotatable bonds is 7. The van der Waals surface area contributed by atoms with Gasteiger partial charge in [-0.05, 0) is 19.8 Å². The topological polar surface area (TPSA) is 60.9 Å². The maximum atomic E-state index is 12.3. The number of urea groups is 1. The summed E-state index contributed by atoms with van der Waals surface area (Å²) in [4.78, 5) is 26.4. The number of amides is 2. The zero-order chi connectivity index (χ0) is 14.3. The Kier molecular flexibility index (Phi) is 7.39. The Balaban J connectivity index is 4.65. The number of carboxylic acid groups (broad SMARTS) is 1. The molecule has 5 nitrogen and oxygen atoms in total. The largest absolute Gasteiger partial charge is 0.481 e. The normalized spacial score (nSPS) is 12.3. The minimum atomic E-state index is -0.869. The zero-order valence-electron chi connectivity index (χ0n) is 12.1. The van der Waals surface area contributed by atoms with Gasteiger partial charge in [-0.1, -0.05) is 20.8 Å². The number of carbonyl (C=O) groups is 2. The highest BCUT2D eigenvalue weighted by Crippen LogP contribution is 2.11. The molecule has 0 aromatic rings. The van der Waals surface area contributed by atoms with Gasteiger partial charge >= 0.3 is 12.0 Å². The van der Waals surface area contributed by atoms with Crippen molar-refractivity contribution in [2.24, 2.45) is 5.92 Å². The first kappa shape index (κ1) is 16.7. The van der Waals surface area contributed by atoms with Crippen molar-refractivity contribution in [3.05, 3.63) is 0 Å². The fraction of sp³-hybridized carbons (Fsp3) is 0.846. The van der Waals surface area contributed by atoms with Crippen LogP contribution in [-0.2, 0) is 4.79 Å². The highest BCUT2D eigenvalue weighted by molar-refractivity contribution is 5.76. The molecule has 2 amide bonds. The summed E-state index contributed by atoms with van der Waals surface area (Å²) < 4.78 is 0. The van der Waals surface area contributed by atoms with Crippen molar-refractivity contribution in [2.75, 3.05) is 20.1 Å². The van der Waals surface area contributed by atoms with E-state index in [-0.39, 0.29) is 18.6 Å². The van der Waals surface area contributed by atoms with E-state index in [9.17, 15) is 9.59 Å². The molecule has 0 spiro atoms. The van der Waals surface area contributed by atoms with Gasteiger partial charge in [0.05, 0.1) is 5.92 Å².